The Balaban J connectivity index is 1.20. The van der Waals surface area contributed by atoms with Crippen LogP contribution in [0.15, 0.2) is 18.2 Å². The van der Waals surface area contributed by atoms with E-state index in [0.29, 0.717) is 24.4 Å². The van der Waals surface area contributed by atoms with Crippen LogP contribution in [0.2, 0.25) is 0 Å². The summed E-state index contributed by atoms with van der Waals surface area (Å²) in [5.41, 5.74) is 8.07. The van der Waals surface area contributed by atoms with Crippen molar-refractivity contribution in [2.45, 2.75) is 69.3 Å². The highest BCUT2D eigenvalue weighted by Gasteiger charge is 2.47. The van der Waals surface area contributed by atoms with E-state index in [4.69, 9.17) is 5.73 Å². The van der Waals surface area contributed by atoms with Crippen molar-refractivity contribution in [1.82, 2.24) is 15.1 Å². The highest BCUT2D eigenvalue weighted by Crippen LogP contribution is 2.42. The van der Waals surface area contributed by atoms with E-state index in [2.05, 4.69) is 16.3 Å². The molecule has 31 heavy (non-hydrogen) atoms. The van der Waals surface area contributed by atoms with Crippen molar-refractivity contribution in [3.05, 3.63) is 34.9 Å². The molecule has 1 aliphatic carbocycles. The van der Waals surface area contributed by atoms with Gasteiger partial charge in [-0.1, -0.05) is 12.1 Å². The van der Waals surface area contributed by atoms with Gasteiger partial charge in [-0.25, -0.2) is 0 Å². The van der Waals surface area contributed by atoms with Gasteiger partial charge in [-0.15, -0.1) is 0 Å². The summed E-state index contributed by atoms with van der Waals surface area (Å²) in [7, 11) is 0. The molecule has 5 rings (SSSR count). The number of aliphatic hydroxyl groups is 1. The first-order valence-corrected chi connectivity index (χ1v) is 11.3. The number of hydrogen-bond acceptors (Lipinski definition) is 6. The van der Waals surface area contributed by atoms with E-state index in [1.165, 1.54) is 0 Å². The minimum absolute atomic E-state index is 0.135. The number of benzene rings is 1. The number of hydrogen-bond donors (Lipinski definition) is 3. The summed E-state index contributed by atoms with van der Waals surface area (Å²) in [6.07, 6.45) is 4.05. The average molecular weight is 427 g/mol. The van der Waals surface area contributed by atoms with Gasteiger partial charge >= 0.3 is 0 Å². The van der Waals surface area contributed by atoms with Crippen LogP contribution in [0, 0.1) is 5.92 Å². The van der Waals surface area contributed by atoms with E-state index < -0.39 is 11.6 Å². The molecule has 0 spiro atoms. The first kappa shape index (κ1) is 20.6. The summed E-state index contributed by atoms with van der Waals surface area (Å²) in [4.78, 5) is 40.4. The number of fused-ring (bicyclic) bond motifs is 1. The molecule has 8 heteroatoms. The Hall–Kier alpha value is -2.29. The van der Waals surface area contributed by atoms with Gasteiger partial charge in [0.05, 0.1) is 5.60 Å². The van der Waals surface area contributed by atoms with Crippen LogP contribution in [0.25, 0.3) is 0 Å². The molecule has 3 aliphatic heterocycles. The molecule has 8 nitrogen and oxygen atoms in total. The van der Waals surface area contributed by atoms with E-state index >= 15 is 0 Å². The Morgan fingerprint density at radius 1 is 1.13 bits per heavy atom. The molecule has 3 amide bonds. The van der Waals surface area contributed by atoms with E-state index in [-0.39, 0.29) is 30.2 Å². The monoisotopic (exact) mass is 426 g/mol. The zero-order valence-corrected chi connectivity index (χ0v) is 17.7. The third-order valence-electron chi connectivity index (χ3n) is 7.57. The van der Waals surface area contributed by atoms with Crippen molar-refractivity contribution in [3.8, 4) is 0 Å². The first-order chi connectivity index (χ1) is 14.8. The lowest BCUT2D eigenvalue weighted by atomic mass is 9.65. The summed E-state index contributed by atoms with van der Waals surface area (Å²) < 4.78 is 0. The standard InChI is InChI=1S/C23H30N4O4/c24-17-10-23(31,11-17)16-5-7-26(8-6-16)12-14-1-2-18-15(9-14)13-27(22(18)30)19-3-4-20(28)25-21(19)29/h1-2,9,16-17,19,31H,3-8,10-13,24H2,(H,25,28,29). The highest BCUT2D eigenvalue weighted by atomic mass is 16.3. The first-order valence-electron chi connectivity index (χ1n) is 11.3. The number of carbonyl (C=O) groups is 3. The van der Waals surface area contributed by atoms with Gasteiger partial charge in [-0.05, 0) is 68.3 Å². The van der Waals surface area contributed by atoms with Crippen LogP contribution in [0.5, 0.6) is 0 Å². The van der Waals surface area contributed by atoms with E-state index in [9.17, 15) is 19.5 Å². The quantitative estimate of drug-likeness (QED) is 0.605. The molecular formula is C23H30N4O4. The summed E-state index contributed by atoms with van der Waals surface area (Å²) >= 11 is 0. The van der Waals surface area contributed by atoms with Crippen molar-refractivity contribution in [2.75, 3.05) is 13.1 Å². The summed E-state index contributed by atoms with van der Waals surface area (Å²) in [5, 5.41) is 13.0. The molecule has 1 aromatic rings. The van der Waals surface area contributed by atoms with Crippen molar-refractivity contribution in [2.24, 2.45) is 11.7 Å². The lowest BCUT2D eigenvalue weighted by Crippen LogP contribution is -2.57. The smallest absolute Gasteiger partial charge is 0.255 e. The van der Waals surface area contributed by atoms with Crippen molar-refractivity contribution in [1.29, 1.82) is 0 Å². The SMILES string of the molecule is NC1CC(O)(C2CCN(Cc3ccc4c(c3)CN(C3CCC(=O)NC3=O)C4=O)CC2)C1. The number of imide groups is 1. The zero-order chi connectivity index (χ0) is 21.8. The predicted molar refractivity (Wildman–Crippen MR) is 113 cm³/mol. The van der Waals surface area contributed by atoms with Crippen LogP contribution in [0.4, 0.5) is 0 Å². The van der Waals surface area contributed by atoms with Crippen LogP contribution in [0.1, 0.15) is 60.0 Å². The van der Waals surface area contributed by atoms with E-state index in [0.717, 1.165) is 56.4 Å². The molecule has 3 heterocycles. The molecule has 166 valence electrons. The number of amides is 3. The van der Waals surface area contributed by atoms with E-state index in [1.807, 2.05) is 12.1 Å². The summed E-state index contributed by atoms with van der Waals surface area (Å²) in [6.45, 7) is 3.11. The number of rotatable bonds is 4. The minimum Gasteiger partial charge on any atom is -0.389 e. The number of carbonyl (C=O) groups excluding carboxylic acids is 3. The molecular weight excluding hydrogens is 396 g/mol. The largest absolute Gasteiger partial charge is 0.389 e. The number of likely N-dealkylation sites (tertiary alicyclic amines) is 1. The molecule has 3 fully saturated rings. The van der Waals surface area contributed by atoms with Gasteiger partial charge in [0.1, 0.15) is 6.04 Å². The van der Waals surface area contributed by atoms with Crippen molar-refractivity contribution >= 4 is 17.7 Å². The summed E-state index contributed by atoms with van der Waals surface area (Å²) in [5.74, 6) is -0.453. The predicted octanol–water partition coefficient (Wildman–Crippen LogP) is 0.512. The highest BCUT2D eigenvalue weighted by molar-refractivity contribution is 6.05. The maximum atomic E-state index is 12.8. The number of nitrogens with two attached hydrogens (primary N) is 1. The lowest BCUT2D eigenvalue weighted by molar-refractivity contribution is -0.136. The van der Waals surface area contributed by atoms with Crippen molar-refractivity contribution in [3.63, 3.8) is 0 Å². The molecule has 2 saturated heterocycles. The molecule has 0 bridgehead atoms. The fraction of sp³-hybridized carbons (Fsp3) is 0.609. The Morgan fingerprint density at radius 3 is 2.55 bits per heavy atom. The van der Waals surface area contributed by atoms with Gasteiger partial charge in [0.15, 0.2) is 0 Å². The topological polar surface area (TPSA) is 116 Å². The molecule has 1 unspecified atom stereocenters. The maximum Gasteiger partial charge on any atom is 0.255 e. The maximum absolute atomic E-state index is 12.8. The lowest BCUT2D eigenvalue weighted by Gasteiger charge is -2.49. The third kappa shape index (κ3) is 3.77. The molecule has 0 radical (unpaired) electrons. The van der Waals surface area contributed by atoms with Crippen LogP contribution in [-0.2, 0) is 22.7 Å². The van der Waals surface area contributed by atoms with Gasteiger partial charge in [0.2, 0.25) is 11.8 Å². The van der Waals surface area contributed by atoms with Gasteiger partial charge < -0.3 is 15.7 Å². The third-order valence-corrected chi connectivity index (χ3v) is 7.57. The van der Waals surface area contributed by atoms with Crippen molar-refractivity contribution < 1.29 is 19.5 Å². The number of nitrogens with zero attached hydrogens (tertiary/aromatic N) is 2. The van der Waals surface area contributed by atoms with Gasteiger partial charge in [-0.2, -0.15) is 0 Å². The second-order valence-electron chi connectivity index (χ2n) is 9.71. The second-order valence-corrected chi connectivity index (χ2v) is 9.71. The van der Waals surface area contributed by atoms with Crippen LogP contribution < -0.4 is 11.1 Å². The van der Waals surface area contributed by atoms with Gasteiger partial charge in [0.25, 0.3) is 5.91 Å². The fourth-order valence-corrected chi connectivity index (χ4v) is 5.79. The molecule has 1 atom stereocenters. The Kier molecular flexibility index (Phi) is 5.11. The molecule has 1 saturated carbocycles. The Labute approximate surface area is 181 Å². The molecule has 4 N–H and O–H groups in total. The Bertz CT molecular complexity index is 918. The zero-order valence-electron chi connectivity index (χ0n) is 17.7. The van der Waals surface area contributed by atoms with E-state index in [1.54, 1.807) is 4.90 Å². The average Bonchev–Trinajstić information content (AvgIpc) is 3.03. The number of nitrogens with one attached hydrogen (secondary N) is 1. The molecule has 4 aliphatic rings. The second kappa shape index (κ2) is 7.69. The fourth-order valence-electron chi connectivity index (χ4n) is 5.79. The van der Waals surface area contributed by atoms with Gasteiger partial charge in [0, 0.05) is 31.1 Å². The van der Waals surface area contributed by atoms with Crippen LogP contribution in [0.3, 0.4) is 0 Å². The Morgan fingerprint density at radius 2 is 1.87 bits per heavy atom. The molecule has 1 aromatic carbocycles. The number of piperidine rings is 2. The molecule has 0 aromatic heterocycles. The minimum atomic E-state index is -0.578. The normalized spacial score (nSPS) is 32.1. The summed E-state index contributed by atoms with van der Waals surface area (Å²) in [6, 6.07) is 5.51. The van der Waals surface area contributed by atoms with Crippen LogP contribution >= 0.6 is 0 Å². The van der Waals surface area contributed by atoms with Crippen LogP contribution in [-0.4, -0.2) is 63.4 Å². The van der Waals surface area contributed by atoms with Gasteiger partial charge in [-0.3, -0.25) is 24.6 Å².